The lowest BCUT2D eigenvalue weighted by Gasteiger charge is -2.28. The molecule has 1 N–H and O–H groups in total. The Bertz CT molecular complexity index is 584. The fraction of sp³-hybridized carbons (Fsp3) is 0.308. The number of ketones is 1. The number of halogens is 1. The monoisotopic (exact) mass is 297 g/mol. The number of carbonyl (C=O) groups excluding carboxylic acids is 2. The first kappa shape index (κ1) is 14.3. The van der Waals surface area contributed by atoms with E-state index in [2.05, 4.69) is 0 Å². The maximum atomic E-state index is 11.8. The van der Waals surface area contributed by atoms with Crippen LogP contribution in [0, 0.1) is 0 Å². The lowest BCUT2D eigenvalue weighted by molar-refractivity contribution is -0.137. The Kier molecular flexibility index (Phi) is 3.94. The summed E-state index contributed by atoms with van der Waals surface area (Å²) in [7, 11) is 0. The number of benzene rings is 1. The van der Waals surface area contributed by atoms with E-state index in [9.17, 15) is 14.4 Å². The predicted molar refractivity (Wildman–Crippen MR) is 71.6 cm³/mol. The Morgan fingerprint density at radius 1 is 1.50 bits per heavy atom. The molecule has 1 heterocycles. The Hall–Kier alpha value is -2.08. The van der Waals surface area contributed by atoms with Crippen molar-refractivity contribution in [1.82, 2.24) is 0 Å². The molecule has 1 aromatic carbocycles. The molecule has 20 heavy (non-hydrogen) atoms. The van der Waals surface area contributed by atoms with Gasteiger partial charge in [-0.25, -0.2) is 0 Å². The Morgan fingerprint density at radius 3 is 2.80 bits per heavy atom. The maximum Gasteiger partial charge on any atom is 0.323 e. The molecule has 1 atom stereocenters. The summed E-state index contributed by atoms with van der Waals surface area (Å²) in [4.78, 5) is 35.5. The highest BCUT2D eigenvalue weighted by molar-refractivity contribution is 6.33. The number of carboxylic acid groups (broad SMARTS) is 1. The van der Waals surface area contributed by atoms with Crippen LogP contribution in [-0.2, 0) is 9.59 Å². The lowest BCUT2D eigenvalue weighted by Crippen LogP contribution is -2.42. The number of Topliss-reactive ketones (excluding diaryl/α,β-unsaturated/α-hetero) is 1. The van der Waals surface area contributed by atoms with E-state index in [1.165, 1.54) is 18.2 Å². The van der Waals surface area contributed by atoms with Gasteiger partial charge in [-0.2, -0.15) is 0 Å². The molecule has 1 aliphatic heterocycles. The first-order valence-corrected chi connectivity index (χ1v) is 6.31. The van der Waals surface area contributed by atoms with Crippen LogP contribution in [0.1, 0.15) is 17.3 Å². The molecule has 0 aromatic heterocycles. The van der Waals surface area contributed by atoms with Gasteiger partial charge in [0.25, 0.3) is 5.91 Å². The quantitative estimate of drug-likeness (QED) is 0.669. The van der Waals surface area contributed by atoms with Crippen molar-refractivity contribution >= 4 is 34.9 Å². The van der Waals surface area contributed by atoms with E-state index < -0.39 is 23.8 Å². The number of carbonyl (C=O) groups is 3. The highest BCUT2D eigenvalue weighted by Gasteiger charge is 2.28. The second-order valence-corrected chi connectivity index (χ2v) is 4.98. The number of carboxylic acids is 1. The summed E-state index contributed by atoms with van der Waals surface area (Å²) in [5.41, 5.74) is 0.576. The van der Waals surface area contributed by atoms with Crippen molar-refractivity contribution in [2.24, 2.45) is 0 Å². The summed E-state index contributed by atoms with van der Waals surface area (Å²) in [6.45, 7) is 0.836. The van der Waals surface area contributed by atoms with Gasteiger partial charge in [-0.1, -0.05) is 0 Å². The fourth-order valence-corrected chi connectivity index (χ4v) is 2.02. The van der Waals surface area contributed by atoms with E-state index >= 15 is 0 Å². The third-order valence-corrected chi connectivity index (χ3v) is 3.04. The zero-order valence-electron chi connectivity index (χ0n) is 10.6. The number of alkyl halides is 1. The molecule has 1 unspecified atom stereocenters. The van der Waals surface area contributed by atoms with E-state index in [1.807, 2.05) is 0 Å². The molecule has 1 aliphatic rings. The zero-order chi connectivity index (χ0) is 14.9. The van der Waals surface area contributed by atoms with Crippen LogP contribution in [0.3, 0.4) is 0 Å². The summed E-state index contributed by atoms with van der Waals surface area (Å²) in [5.74, 6) is -1.55. The highest BCUT2D eigenvalue weighted by Crippen LogP contribution is 2.33. The maximum absolute atomic E-state index is 11.8. The van der Waals surface area contributed by atoms with Crippen LogP contribution in [-0.4, -0.2) is 41.3 Å². The third-order valence-electron chi connectivity index (χ3n) is 2.84. The molecule has 7 heteroatoms. The van der Waals surface area contributed by atoms with Crippen molar-refractivity contribution in [3.05, 3.63) is 23.8 Å². The molecular formula is C13H12ClNO5. The standard InChI is InChI=1S/C13H12ClNO5/c1-7(14)13(19)8-2-3-10-9(4-8)15(5-12(17)18)11(16)6-20-10/h2-4,7H,5-6H2,1H3,(H,17,18). The van der Waals surface area contributed by atoms with Crippen LogP contribution in [0.15, 0.2) is 18.2 Å². The summed E-state index contributed by atoms with van der Waals surface area (Å²) in [6.07, 6.45) is 0. The summed E-state index contributed by atoms with van der Waals surface area (Å²) in [6, 6.07) is 4.49. The summed E-state index contributed by atoms with van der Waals surface area (Å²) < 4.78 is 5.21. The van der Waals surface area contributed by atoms with Crippen molar-refractivity contribution in [1.29, 1.82) is 0 Å². The first-order chi connectivity index (χ1) is 9.40. The number of amides is 1. The minimum absolute atomic E-state index is 0.223. The van der Waals surface area contributed by atoms with Gasteiger partial charge in [-0.15, -0.1) is 11.6 Å². The zero-order valence-corrected chi connectivity index (χ0v) is 11.4. The molecule has 2 rings (SSSR count). The van der Waals surface area contributed by atoms with E-state index in [1.54, 1.807) is 6.92 Å². The van der Waals surface area contributed by atoms with Gasteiger partial charge in [-0.3, -0.25) is 19.3 Å². The molecule has 1 aromatic rings. The van der Waals surface area contributed by atoms with E-state index in [4.69, 9.17) is 21.4 Å². The molecule has 0 saturated carbocycles. The molecular weight excluding hydrogens is 286 g/mol. The van der Waals surface area contributed by atoms with Gasteiger partial charge in [0.15, 0.2) is 12.4 Å². The number of rotatable bonds is 4. The summed E-state index contributed by atoms with van der Waals surface area (Å²) in [5, 5.41) is 8.15. The molecule has 0 saturated heterocycles. The van der Waals surface area contributed by atoms with Crippen LogP contribution in [0.4, 0.5) is 5.69 Å². The SMILES string of the molecule is CC(Cl)C(=O)c1ccc2c(c1)N(CC(=O)O)C(=O)CO2. The van der Waals surface area contributed by atoms with Crippen molar-refractivity contribution in [2.45, 2.75) is 12.3 Å². The number of hydrogen-bond donors (Lipinski definition) is 1. The molecule has 0 spiro atoms. The number of anilines is 1. The Balaban J connectivity index is 2.43. The minimum atomic E-state index is -1.14. The Morgan fingerprint density at radius 2 is 2.20 bits per heavy atom. The van der Waals surface area contributed by atoms with Crippen LogP contribution in [0.5, 0.6) is 5.75 Å². The number of fused-ring (bicyclic) bond motifs is 1. The van der Waals surface area contributed by atoms with Crippen molar-refractivity contribution < 1.29 is 24.2 Å². The van der Waals surface area contributed by atoms with Crippen molar-refractivity contribution in [3.63, 3.8) is 0 Å². The van der Waals surface area contributed by atoms with Crippen molar-refractivity contribution in [2.75, 3.05) is 18.1 Å². The lowest BCUT2D eigenvalue weighted by atomic mass is 10.1. The van der Waals surface area contributed by atoms with Gasteiger partial charge in [0, 0.05) is 5.56 Å². The van der Waals surface area contributed by atoms with Crippen LogP contribution < -0.4 is 9.64 Å². The Labute approximate surface area is 119 Å². The number of hydrogen-bond acceptors (Lipinski definition) is 4. The van der Waals surface area contributed by atoms with Gasteiger partial charge in [0.2, 0.25) is 0 Å². The fourth-order valence-electron chi connectivity index (χ4n) is 1.89. The molecule has 1 amide bonds. The smallest absolute Gasteiger partial charge is 0.323 e. The van der Waals surface area contributed by atoms with Gasteiger partial charge < -0.3 is 9.84 Å². The van der Waals surface area contributed by atoms with Crippen LogP contribution in [0.2, 0.25) is 0 Å². The second kappa shape index (κ2) is 5.50. The molecule has 0 fully saturated rings. The third kappa shape index (κ3) is 2.75. The van der Waals surface area contributed by atoms with E-state index in [-0.39, 0.29) is 18.1 Å². The molecule has 0 aliphatic carbocycles. The highest BCUT2D eigenvalue weighted by atomic mass is 35.5. The first-order valence-electron chi connectivity index (χ1n) is 5.87. The van der Waals surface area contributed by atoms with Crippen LogP contribution in [0.25, 0.3) is 0 Å². The van der Waals surface area contributed by atoms with E-state index in [0.29, 0.717) is 11.3 Å². The topological polar surface area (TPSA) is 83.9 Å². The van der Waals surface area contributed by atoms with Gasteiger partial charge in [-0.05, 0) is 25.1 Å². The average Bonchev–Trinajstić information content (AvgIpc) is 2.40. The van der Waals surface area contributed by atoms with Crippen molar-refractivity contribution in [3.8, 4) is 5.75 Å². The number of nitrogens with zero attached hydrogens (tertiary/aromatic N) is 1. The second-order valence-electron chi connectivity index (χ2n) is 4.33. The molecule has 0 bridgehead atoms. The normalized spacial score (nSPS) is 15.3. The van der Waals surface area contributed by atoms with Gasteiger partial charge in [0.05, 0.1) is 11.1 Å². The minimum Gasteiger partial charge on any atom is -0.482 e. The van der Waals surface area contributed by atoms with E-state index in [0.717, 1.165) is 4.90 Å². The number of aliphatic carboxylic acids is 1. The number of ether oxygens (including phenoxy) is 1. The molecule has 6 nitrogen and oxygen atoms in total. The van der Waals surface area contributed by atoms with Crippen LogP contribution >= 0.6 is 11.6 Å². The predicted octanol–water partition coefficient (Wildman–Crippen LogP) is 1.31. The van der Waals surface area contributed by atoms with Gasteiger partial charge in [0.1, 0.15) is 12.3 Å². The molecule has 0 radical (unpaired) electrons. The van der Waals surface area contributed by atoms with Gasteiger partial charge >= 0.3 is 5.97 Å². The average molecular weight is 298 g/mol. The molecule has 106 valence electrons. The largest absolute Gasteiger partial charge is 0.482 e. The summed E-state index contributed by atoms with van der Waals surface area (Å²) >= 11 is 5.74.